The lowest BCUT2D eigenvalue weighted by Gasteiger charge is -2.31. The second kappa shape index (κ2) is 5.42. The van der Waals surface area contributed by atoms with E-state index in [0.29, 0.717) is 12.3 Å². The van der Waals surface area contributed by atoms with Crippen LogP contribution in [0.1, 0.15) is 38.7 Å². The minimum absolute atomic E-state index is 0.246. The summed E-state index contributed by atoms with van der Waals surface area (Å²) in [6.45, 7) is 5.22. The zero-order chi connectivity index (χ0) is 13.1. The summed E-state index contributed by atoms with van der Waals surface area (Å²) in [4.78, 5) is 14.0. The van der Waals surface area contributed by atoms with Crippen LogP contribution in [0.2, 0.25) is 0 Å². The summed E-state index contributed by atoms with van der Waals surface area (Å²) in [6, 6.07) is 5.87. The second-order valence-corrected chi connectivity index (χ2v) is 5.29. The molecule has 0 aliphatic carbocycles. The van der Waals surface area contributed by atoms with E-state index in [4.69, 9.17) is 5.73 Å². The van der Waals surface area contributed by atoms with Crippen molar-refractivity contribution < 1.29 is 4.79 Å². The van der Waals surface area contributed by atoms with Crippen LogP contribution in [0.4, 0.5) is 11.4 Å². The Morgan fingerprint density at radius 1 is 1.39 bits per heavy atom. The van der Waals surface area contributed by atoms with Gasteiger partial charge in [-0.1, -0.05) is 20.3 Å². The average Bonchev–Trinajstić information content (AvgIpc) is 2.33. The predicted octanol–water partition coefficient (Wildman–Crippen LogP) is 2.98. The second-order valence-electron chi connectivity index (χ2n) is 5.29. The Kier molecular flexibility index (Phi) is 3.90. The lowest BCUT2D eigenvalue weighted by Crippen LogP contribution is -2.38. The minimum Gasteiger partial charge on any atom is -0.399 e. The monoisotopic (exact) mass is 246 g/mol. The first-order valence-electron chi connectivity index (χ1n) is 6.80. The smallest absolute Gasteiger partial charge is 0.227 e. The Morgan fingerprint density at radius 3 is 2.89 bits per heavy atom. The number of carbonyl (C=O) groups excluding carboxylic acids is 1. The first kappa shape index (κ1) is 12.9. The SMILES string of the molecule is CCCC(C)CN1C(=O)CCc2cc(N)ccc21. The van der Waals surface area contributed by atoms with Crippen molar-refractivity contribution in [3.63, 3.8) is 0 Å². The zero-order valence-corrected chi connectivity index (χ0v) is 11.3. The molecule has 1 aliphatic heterocycles. The third-order valence-electron chi connectivity index (χ3n) is 3.58. The van der Waals surface area contributed by atoms with Crippen molar-refractivity contribution in [2.75, 3.05) is 17.2 Å². The molecule has 1 aliphatic rings. The highest BCUT2D eigenvalue weighted by molar-refractivity contribution is 5.96. The molecule has 1 aromatic rings. The fourth-order valence-corrected chi connectivity index (χ4v) is 2.68. The van der Waals surface area contributed by atoms with Crippen molar-refractivity contribution in [2.24, 2.45) is 5.92 Å². The van der Waals surface area contributed by atoms with Crippen molar-refractivity contribution in [1.82, 2.24) is 0 Å². The molecular formula is C15H22N2O. The van der Waals surface area contributed by atoms with Gasteiger partial charge in [0.25, 0.3) is 0 Å². The van der Waals surface area contributed by atoms with Gasteiger partial charge in [0, 0.05) is 24.3 Å². The van der Waals surface area contributed by atoms with E-state index in [2.05, 4.69) is 13.8 Å². The molecule has 3 heteroatoms. The highest BCUT2D eigenvalue weighted by atomic mass is 16.2. The summed E-state index contributed by atoms with van der Waals surface area (Å²) in [7, 11) is 0. The highest BCUT2D eigenvalue weighted by Crippen LogP contribution is 2.30. The van der Waals surface area contributed by atoms with Gasteiger partial charge in [-0.3, -0.25) is 4.79 Å². The number of nitrogen functional groups attached to an aromatic ring is 1. The molecule has 2 N–H and O–H groups in total. The van der Waals surface area contributed by atoms with Crippen LogP contribution in [-0.4, -0.2) is 12.5 Å². The normalized spacial score (nSPS) is 16.6. The molecule has 0 bridgehead atoms. The van der Waals surface area contributed by atoms with Crippen LogP contribution in [0.5, 0.6) is 0 Å². The number of amides is 1. The van der Waals surface area contributed by atoms with Crippen LogP contribution < -0.4 is 10.6 Å². The summed E-state index contributed by atoms with van der Waals surface area (Å²) in [5.74, 6) is 0.790. The maximum atomic E-state index is 12.1. The number of benzene rings is 1. The van der Waals surface area contributed by atoms with Gasteiger partial charge in [0.2, 0.25) is 5.91 Å². The van der Waals surface area contributed by atoms with Gasteiger partial charge in [0.05, 0.1) is 0 Å². The van der Waals surface area contributed by atoms with Crippen LogP contribution in [0.15, 0.2) is 18.2 Å². The first-order valence-corrected chi connectivity index (χ1v) is 6.80. The summed E-state index contributed by atoms with van der Waals surface area (Å²) in [5, 5.41) is 0. The van der Waals surface area contributed by atoms with Gasteiger partial charge < -0.3 is 10.6 Å². The van der Waals surface area contributed by atoms with Gasteiger partial charge in [-0.2, -0.15) is 0 Å². The number of hydrogen-bond acceptors (Lipinski definition) is 2. The number of carbonyl (C=O) groups is 1. The van der Waals surface area contributed by atoms with Crippen molar-refractivity contribution >= 4 is 17.3 Å². The third-order valence-corrected chi connectivity index (χ3v) is 3.58. The van der Waals surface area contributed by atoms with Gasteiger partial charge in [0.1, 0.15) is 0 Å². The lowest BCUT2D eigenvalue weighted by atomic mass is 9.98. The van der Waals surface area contributed by atoms with Crippen molar-refractivity contribution in [1.29, 1.82) is 0 Å². The molecule has 0 aromatic heterocycles. The standard InChI is InChI=1S/C15H22N2O/c1-3-4-11(2)10-17-14-7-6-13(16)9-12(14)5-8-15(17)18/h6-7,9,11H,3-5,8,10,16H2,1-2H3. The molecule has 18 heavy (non-hydrogen) atoms. The van der Waals surface area contributed by atoms with Gasteiger partial charge >= 0.3 is 0 Å². The molecule has 2 rings (SSSR count). The zero-order valence-electron chi connectivity index (χ0n) is 11.3. The fourth-order valence-electron chi connectivity index (χ4n) is 2.68. The molecule has 0 saturated heterocycles. The van der Waals surface area contributed by atoms with Crippen LogP contribution in [0, 0.1) is 5.92 Å². The quantitative estimate of drug-likeness (QED) is 0.830. The Morgan fingerprint density at radius 2 is 2.17 bits per heavy atom. The minimum atomic E-state index is 0.246. The molecule has 98 valence electrons. The van der Waals surface area contributed by atoms with Gasteiger partial charge in [-0.25, -0.2) is 0 Å². The van der Waals surface area contributed by atoms with Crippen LogP contribution in [0.25, 0.3) is 0 Å². The Bertz CT molecular complexity index is 442. The number of aryl methyl sites for hydroxylation is 1. The molecule has 0 radical (unpaired) electrons. The molecule has 0 fully saturated rings. The molecule has 1 amide bonds. The fraction of sp³-hybridized carbons (Fsp3) is 0.533. The molecule has 0 saturated carbocycles. The van der Waals surface area contributed by atoms with Crippen LogP contribution in [0.3, 0.4) is 0 Å². The molecule has 1 aromatic carbocycles. The van der Waals surface area contributed by atoms with Crippen LogP contribution >= 0.6 is 0 Å². The number of nitrogens with two attached hydrogens (primary N) is 1. The maximum absolute atomic E-state index is 12.1. The number of rotatable bonds is 4. The van der Waals surface area contributed by atoms with E-state index in [0.717, 1.165) is 37.2 Å². The Labute approximate surface area is 109 Å². The molecular weight excluding hydrogens is 224 g/mol. The van der Waals surface area contributed by atoms with E-state index >= 15 is 0 Å². The third kappa shape index (κ3) is 2.66. The van der Waals surface area contributed by atoms with E-state index in [9.17, 15) is 4.79 Å². The first-order chi connectivity index (χ1) is 8.61. The summed E-state index contributed by atoms with van der Waals surface area (Å²) >= 11 is 0. The molecule has 1 unspecified atom stereocenters. The predicted molar refractivity (Wildman–Crippen MR) is 75.6 cm³/mol. The Balaban J connectivity index is 2.22. The van der Waals surface area contributed by atoms with Crippen molar-refractivity contribution in [3.8, 4) is 0 Å². The topological polar surface area (TPSA) is 46.3 Å². The highest BCUT2D eigenvalue weighted by Gasteiger charge is 2.25. The van der Waals surface area contributed by atoms with E-state index in [1.807, 2.05) is 23.1 Å². The van der Waals surface area contributed by atoms with E-state index < -0.39 is 0 Å². The number of nitrogens with zero attached hydrogens (tertiary/aromatic N) is 1. The Hall–Kier alpha value is -1.51. The number of hydrogen-bond donors (Lipinski definition) is 1. The van der Waals surface area contributed by atoms with Crippen LogP contribution in [-0.2, 0) is 11.2 Å². The van der Waals surface area contributed by atoms with Gasteiger partial charge in [-0.15, -0.1) is 0 Å². The summed E-state index contributed by atoms with van der Waals surface area (Å²) < 4.78 is 0. The molecule has 1 heterocycles. The number of fused-ring (bicyclic) bond motifs is 1. The van der Waals surface area contributed by atoms with Crippen molar-refractivity contribution in [2.45, 2.75) is 39.5 Å². The molecule has 1 atom stereocenters. The van der Waals surface area contributed by atoms with Gasteiger partial charge in [-0.05, 0) is 42.5 Å². The number of anilines is 2. The summed E-state index contributed by atoms with van der Waals surface area (Å²) in [6.07, 6.45) is 3.75. The lowest BCUT2D eigenvalue weighted by molar-refractivity contribution is -0.119. The van der Waals surface area contributed by atoms with Crippen molar-refractivity contribution in [3.05, 3.63) is 23.8 Å². The largest absolute Gasteiger partial charge is 0.399 e. The van der Waals surface area contributed by atoms with E-state index in [-0.39, 0.29) is 5.91 Å². The average molecular weight is 246 g/mol. The summed E-state index contributed by atoms with van der Waals surface area (Å²) in [5.41, 5.74) is 8.86. The molecule has 3 nitrogen and oxygen atoms in total. The van der Waals surface area contributed by atoms with E-state index in [1.54, 1.807) is 0 Å². The molecule has 0 spiro atoms. The maximum Gasteiger partial charge on any atom is 0.227 e. The van der Waals surface area contributed by atoms with E-state index in [1.165, 1.54) is 5.56 Å². The van der Waals surface area contributed by atoms with Gasteiger partial charge in [0.15, 0.2) is 0 Å².